The average Bonchev–Trinajstić information content (AvgIpc) is 2.63. The van der Waals surface area contributed by atoms with Crippen LogP contribution in [0.3, 0.4) is 0 Å². The molecule has 0 radical (unpaired) electrons. The van der Waals surface area contributed by atoms with Crippen molar-refractivity contribution in [3.63, 3.8) is 0 Å². The summed E-state index contributed by atoms with van der Waals surface area (Å²) in [6.07, 6.45) is 0.902. The zero-order valence-electron chi connectivity index (χ0n) is 13.6. The van der Waals surface area contributed by atoms with E-state index in [1.165, 1.54) is 12.1 Å². The van der Waals surface area contributed by atoms with Crippen LogP contribution in [0, 0.1) is 5.82 Å². The van der Waals surface area contributed by atoms with Crippen LogP contribution in [0.4, 0.5) is 4.39 Å². The van der Waals surface area contributed by atoms with Crippen molar-refractivity contribution in [2.24, 2.45) is 0 Å². The molecule has 3 rings (SSSR count). The molecule has 2 aromatic carbocycles. The summed E-state index contributed by atoms with van der Waals surface area (Å²) in [6, 6.07) is 13.6. The number of methoxy groups -OCH3 is 1. The monoisotopic (exact) mass is 328 g/mol. The highest BCUT2D eigenvalue weighted by Gasteiger charge is 2.28. The van der Waals surface area contributed by atoms with Gasteiger partial charge in [-0.25, -0.2) is 4.39 Å². The Bertz CT molecular complexity index is 686. The summed E-state index contributed by atoms with van der Waals surface area (Å²) in [4.78, 5) is 12.5. The van der Waals surface area contributed by atoms with Crippen LogP contribution in [0.2, 0.25) is 0 Å². The second-order valence-electron chi connectivity index (χ2n) is 5.96. The lowest BCUT2D eigenvalue weighted by molar-refractivity contribution is 0.0924. The lowest BCUT2D eigenvalue weighted by Gasteiger charge is -2.33. The maximum Gasteiger partial charge on any atom is 0.251 e. The second kappa shape index (κ2) is 7.45. The molecule has 2 aromatic rings. The van der Waals surface area contributed by atoms with Gasteiger partial charge in [0.05, 0.1) is 7.11 Å². The molecule has 4 nitrogen and oxygen atoms in total. The Balaban J connectivity index is 1.73. The summed E-state index contributed by atoms with van der Waals surface area (Å²) in [6.45, 7) is 1.58. The Hall–Kier alpha value is -2.40. The average molecular weight is 328 g/mol. The van der Waals surface area contributed by atoms with Gasteiger partial charge < -0.3 is 15.4 Å². The number of rotatable bonds is 4. The molecule has 24 heavy (non-hydrogen) atoms. The number of amides is 1. The third-order valence-corrected chi connectivity index (χ3v) is 4.45. The molecule has 1 aliphatic rings. The predicted molar refractivity (Wildman–Crippen MR) is 90.9 cm³/mol. The van der Waals surface area contributed by atoms with Gasteiger partial charge in [0, 0.05) is 24.1 Å². The molecule has 0 saturated carbocycles. The van der Waals surface area contributed by atoms with Crippen LogP contribution in [0.25, 0.3) is 0 Å². The van der Waals surface area contributed by atoms with Crippen LogP contribution in [0.5, 0.6) is 5.75 Å². The molecule has 1 saturated heterocycles. The Morgan fingerprint density at radius 2 is 1.88 bits per heavy atom. The number of carbonyl (C=O) groups excluding carboxylic acids is 1. The van der Waals surface area contributed by atoms with Crippen LogP contribution >= 0.6 is 0 Å². The first-order valence-corrected chi connectivity index (χ1v) is 8.08. The fourth-order valence-corrected chi connectivity index (χ4v) is 3.11. The lowest BCUT2D eigenvalue weighted by Crippen LogP contribution is -2.50. The number of benzene rings is 2. The minimum atomic E-state index is -0.244. The van der Waals surface area contributed by atoms with E-state index in [-0.39, 0.29) is 23.7 Å². The fourth-order valence-electron chi connectivity index (χ4n) is 3.11. The zero-order chi connectivity index (χ0) is 16.9. The van der Waals surface area contributed by atoms with Crippen LogP contribution in [-0.2, 0) is 0 Å². The van der Waals surface area contributed by atoms with Gasteiger partial charge in [0.15, 0.2) is 0 Å². The lowest BCUT2D eigenvalue weighted by atomic mass is 9.86. The molecule has 1 heterocycles. The predicted octanol–water partition coefficient (Wildman–Crippen LogP) is 2.71. The van der Waals surface area contributed by atoms with Crippen molar-refractivity contribution in [3.8, 4) is 5.75 Å². The Morgan fingerprint density at radius 3 is 2.54 bits per heavy atom. The van der Waals surface area contributed by atoms with E-state index < -0.39 is 0 Å². The highest BCUT2D eigenvalue weighted by Crippen LogP contribution is 2.26. The maximum atomic E-state index is 13.2. The molecule has 5 heteroatoms. The van der Waals surface area contributed by atoms with Gasteiger partial charge in [0.25, 0.3) is 5.91 Å². The van der Waals surface area contributed by atoms with E-state index in [1.807, 2.05) is 0 Å². The van der Waals surface area contributed by atoms with Crippen LogP contribution in [0.15, 0.2) is 48.5 Å². The summed E-state index contributed by atoms with van der Waals surface area (Å²) in [5.41, 5.74) is 1.65. The third kappa shape index (κ3) is 3.74. The molecule has 0 aromatic heterocycles. The molecule has 1 amide bonds. The molecule has 126 valence electrons. The van der Waals surface area contributed by atoms with Crippen molar-refractivity contribution < 1.29 is 13.9 Å². The summed E-state index contributed by atoms with van der Waals surface area (Å²) in [5, 5.41) is 6.41. The smallest absolute Gasteiger partial charge is 0.251 e. The molecule has 0 aliphatic carbocycles. The first-order valence-electron chi connectivity index (χ1n) is 8.08. The van der Waals surface area contributed by atoms with Crippen molar-refractivity contribution in [3.05, 3.63) is 65.5 Å². The number of hydrogen-bond acceptors (Lipinski definition) is 3. The summed E-state index contributed by atoms with van der Waals surface area (Å²) in [5.74, 6) is 0.536. The highest BCUT2D eigenvalue weighted by molar-refractivity contribution is 5.94. The summed E-state index contributed by atoms with van der Waals surface area (Å²) < 4.78 is 18.3. The number of piperidine rings is 1. The Labute approximate surface area is 141 Å². The standard InChI is InChI=1S/C19H21FN2O2/c1-24-16-8-4-14(5-9-16)19(23)22-18-12-21-11-10-17(18)13-2-6-15(20)7-3-13/h2-9,17-18,21H,10-12H2,1H3,(H,22,23). The minimum absolute atomic E-state index is 0.0289. The number of ether oxygens (including phenoxy) is 1. The van der Waals surface area contributed by atoms with Gasteiger partial charge in [-0.05, 0) is 54.9 Å². The van der Waals surface area contributed by atoms with Crippen LogP contribution < -0.4 is 15.4 Å². The normalized spacial score (nSPS) is 20.4. The van der Waals surface area contributed by atoms with Crippen molar-refractivity contribution >= 4 is 5.91 Å². The fraction of sp³-hybridized carbons (Fsp3) is 0.316. The summed E-state index contributed by atoms with van der Waals surface area (Å²) in [7, 11) is 1.59. The molecular formula is C19H21FN2O2. The van der Waals surface area contributed by atoms with Gasteiger partial charge in [-0.3, -0.25) is 4.79 Å². The van der Waals surface area contributed by atoms with Crippen molar-refractivity contribution in [1.29, 1.82) is 0 Å². The molecule has 2 unspecified atom stereocenters. The van der Waals surface area contributed by atoms with Crippen molar-refractivity contribution in [1.82, 2.24) is 10.6 Å². The van der Waals surface area contributed by atoms with Gasteiger partial charge in [0.1, 0.15) is 11.6 Å². The maximum absolute atomic E-state index is 13.2. The van der Waals surface area contributed by atoms with E-state index >= 15 is 0 Å². The zero-order valence-corrected chi connectivity index (χ0v) is 13.6. The topological polar surface area (TPSA) is 50.4 Å². The van der Waals surface area contributed by atoms with E-state index in [9.17, 15) is 9.18 Å². The number of halogens is 1. The summed E-state index contributed by atoms with van der Waals surface area (Å²) >= 11 is 0. The molecule has 2 N–H and O–H groups in total. The largest absolute Gasteiger partial charge is 0.497 e. The molecule has 0 spiro atoms. The highest BCUT2D eigenvalue weighted by atomic mass is 19.1. The van der Waals surface area contributed by atoms with Crippen molar-refractivity contribution in [2.45, 2.75) is 18.4 Å². The molecule has 2 atom stereocenters. The first-order chi connectivity index (χ1) is 11.7. The van der Waals surface area contributed by atoms with Gasteiger partial charge in [-0.1, -0.05) is 12.1 Å². The Morgan fingerprint density at radius 1 is 1.17 bits per heavy atom. The van der Waals surface area contributed by atoms with E-state index in [1.54, 1.807) is 43.5 Å². The van der Waals surface area contributed by atoms with E-state index in [4.69, 9.17) is 4.74 Å². The molecule has 1 aliphatic heterocycles. The van der Waals surface area contributed by atoms with E-state index in [2.05, 4.69) is 10.6 Å². The second-order valence-corrected chi connectivity index (χ2v) is 5.96. The SMILES string of the molecule is COc1ccc(C(=O)NC2CNCCC2c2ccc(F)cc2)cc1. The van der Waals surface area contributed by atoms with Crippen LogP contribution in [0.1, 0.15) is 28.3 Å². The van der Waals surface area contributed by atoms with Gasteiger partial charge in [-0.2, -0.15) is 0 Å². The molecule has 1 fully saturated rings. The van der Waals surface area contributed by atoms with E-state index in [0.29, 0.717) is 12.1 Å². The minimum Gasteiger partial charge on any atom is -0.497 e. The number of hydrogen-bond donors (Lipinski definition) is 2. The van der Waals surface area contributed by atoms with Gasteiger partial charge in [-0.15, -0.1) is 0 Å². The number of nitrogens with one attached hydrogen (secondary N) is 2. The number of carbonyl (C=O) groups is 1. The van der Waals surface area contributed by atoms with Gasteiger partial charge >= 0.3 is 0 Å². The quantitative estimate of drug-likeness (QED) is 0.907. The molecular weight excluding hydrogens is 307 g/mol. The Kier molecular flexibility index (Phi) is 5.11. The van der Waals surface area contributed by atoms with Crippen LogP contribution in [-0.4, -0.2) is 32.1 Å². The third-order valence-electron chi connectivity index (χ3n) is 4.45. The molecule has 0 bridgehead atoms. The van der Waals surface area contributed by atoms with E-state index in [0.717, 1.165) is 24.3 Å². The van der Waals surface area contributed by atoms with Crippen molar-refractivity contribution in [2.75, 3.05) is 20.2 Å². The first kappa shape index (κ1) is 16.5. The van der Waals surface area contributed by atoms with Gasteiger partial charge in [0.2, 0.25) is 0 Å².